The molecule has 6 nitrogen and oxygen atoms in total. The molecule has 1 aromatic rings. The van der Waals surface area contributed by atoms with Gasteiger partial charge >= 0.3 is 6.18 Å². The number of amides is 1. The summed E-state index contributed by atoms with van der Waals surface area (Å²) in [6, 6.07) is 3.99. The van der Waals surface area contributed by atoms with Crippen molar-refractivity contribution < 1.29 is 26.4 Å². The first kappa shape index (κ1) is 18.7. The molecule has 0 bridgehead atoms. The average Bonchev–Trinajstić information content (AvgIpc) is 2.53. The van der Waals surface area contributed by atoms with Crippen molar-refractivity contribution in [2.24, 2.45) is 0 Å². The molecule has 0 N–H and O–H groups in total. The van der Waals surface area contributed by atoms with Gasteiger partial charge in [-0.15, -0.1) is 0 Å². The van der Waals surface area contributed by atoms with Crippen LogP contribution < -0.4 is 0 Å². The number of rotatable bonds is 3. The Kier molecular flexibility index (Phi) is 5.21. The van der Waals surface area contributed by atoms with Crippen molar-refractivity contribution in [1.82, 2.24) is 13.5 Å². The minimum absolute atomic E-state index is 0.145. The van der Waals surface area contributed by atoms with E-state index in [1.54, 1.807) is 0 Å². The second kappa shape index (κ2) is 6.69. The molecule has 0 aliphatic carbocycles. The third-order valence-corrected chi connectivity index (χ3v) is 5.71. The number of benzene rings is 1. The van der Waals surface area contributed by atoms with Gasteiger partial charge in [-0.3, -0.25) is 4.79 Å². The summed E-state index contributed by atoms with van der Waals surface area (Å²) in [4.78, 5) is 13.8. The van der Waals surface area contributed by atoms with E-state index in [4.69, 9.17) is 0 Å². The largest absolute Gasteiger partial charge is 0.416 e. The minimum atomic E-state index is -4.45. The molecule has 1 amide bonds. The highest BCUT2D eigenvalue weighted by Gasteiger charge is 2.32. The molecule has 0 saturated carbocycles. The van der Waals surface area contributed by atoms with Gasteiger partial charge in [-0.05, 0) is 24.3 Å². The first-order chi connectivity index (χ1) is 11.0. The Hall–Kier alpha value is -1.65. The Bertz CT molecular complexity index is 694. The van der Waals surface area contributed by atoms with Crippen LogP contribution in [-0.2, 0) is 16.4 Å². The van der Waals surface area contributed by atoms with Crippen LogP contribution in [0.25, 0.3) is 0 Å². The zero-order chi connectivity index (χ0) is 18.1. The zero-order valence-corrected chi connectivity index (χ0v) is 14.1. The third-order valence-electron chi connectivity index (χ3n) is 3.77. The summed E-state index contributed by atoms with van der Waals surface area (Å²) in [6.07, 6.45) is -4.45. The molecule has 0 aromatic heterocycles. The molecule has 0 unspecified atom stereocenters. The van der Waals surface area contributed by atoms with Crippen LogP contribution in [0.2, 0.25) is 0 Å². The van der Waals surface area contributed by atoms with Gasteiger partial charge in [0.05, 0.1) is 5.56 Å². The van der Waals surface area contributed by atoms with Crippen LogP contribution in [0.3, 0.4) is 0 Å². The van der Waals surface area contributed by atoms with Crippen molar-refractivity contribution in [3.05, 3.63) is 35.4 Å². The van der Waals surface area contributed by atoms with Crippen molar-refractivity contribution in [3.8, 4) is 0 Å². The number of hydrogen-bond donors (Lipinski definition) is 0. The number of piperazine rings is 1. The number of hydrogen-bond acceptors (Lipinski definition) is 3. The molecule has 1 heterocycles. The standard InChI is InChI=1S/C14H18F3N3O3S/c1-18(2)24(22,23)20-9-7-19(8-10-20)13(21)11-3-5-12(6-4-11)14(15,16)17/h3-6H,7-10H2,1-2H3. The smallest absolute Gasteiger partial charge is 0.336 e. The average molecular weight is 365 g/mol. The van der Waals surface area contributed by atoms with E-state index < -0.39 is 27.9 Å². The van der Waals surface area contributed by atoms with Gasteiger partial charge in [0.25, 0.3) is 16.1 Å². The molecule has 1 aromatic carbocycles. The molecule has 0 spiro atoms. The van der Waals surface area contributed by atoms with E-state index in [0.717, 1.165) is 28.6 Å². The highest BCUT2D eigenvalue weighted by molar-refractivity contribution is 7.86. The van der Waals surface area contributed by atoms with E-state index in [-0.39, 0.29) is 31.7 Å². The summed E-state index contributed by atoms with van der Waals surface area (Å²) < 4.78 is 64.0. The molecule has 0 radical (unpaired) electrons. The van der Waals surface area contributed by atoms with Gasteiger partial charge in [-0.25, -0.2) is 0 Å². The van der Waals surface area contributed by atoms with Gasteiger partial charge in [0.1, 0.15) is 0 Å². The Labute approximate surface area is 138 Å². The van der Waals surface area contributed by atoms with E-state index in [2.05, 4.69) is 0 Å². The number of carbonyl (C=O) groups is 1. The van der Waals surface area contributed by atoms with E-state index >= 15 is 0 Å². The van der Waals surface area contributed by atoms with Crippen LogP contribution in [0.1, 0.15) is 15.9 Å². The molecule has 10 heteroatoms. The topological polar surface area (TPSA) is 60.9 Å². The molecule has 1 saturated heterocycles. The molecular formula is C14H18F3N3O3S. The number of alkyl halides is 3. The fourth-order valence-electron chi connectivity index (χ4n) is 2.34. The predicted octanol–water partition coefficient (Wildman–Crippen LogP) is 1.27. The molecule has 1 aliphatic heterocycles. The van der Waals surface area contributed by atoms with Crippen LogP contribution in [0.15, 0.2) is 24.3 Å². The maximum atomic E-state index is 12.5. The molecule has 2 rings (SSSR count). The monoisotopic (exact) mass is 365 g/mol. The van der Waals surface area contributed by atoms with E-state index in [1.165, 1.54) is 23.3 Å². The third kappa shape index (κ3) is 3.87. The molecule has 1 fully saturated rings. The quantitative estimate of drug-likeness (QED) is 0.811. The lowest BCUT2D eigenvalue weighted by Crippen LogP contribution is -2.53. The number of carbonyl (C=O) groups excluding carboxylic acids is 1. The summed E-state index contributed by atoms with van der Waals surface area (Å²) in [7, 11) is -0.681. The first-order valence-electron chi connectivity index (χ1n) is 7.17. The fraction of sp³-hybridized carbons (Fsp3) is 0.500. The van der Waals surface area contributed by atoms with Crippen molar-refractivity contribution in [3.63, 3.8) is 0 Å². The fourth-order valence-corrected chi connectivity index (χ4v) is 3.42. The van der Waals surface area contributed by atoms with Crippen LogP contribution in [0.5, 0.6) is 0 Å². The maximum absolute atomic E-state index is 12.5. The van der Waals surface area contributed by atoms with E-state index in [0.29, 0.717) is 0 Å². The van der Waals surface area contributed by atoms with Crippen molar-refractivity contribution in [2.45, 2.75) is 6.18 Å². The van der Waals surface area contributed by atoms with Gasteiger partial charge in [0.2, 0.25) is 0 Å². The normalized spacial score (nSPS) is 17.3. The van der Waals surface area contributed by atoms with Gasteiger partial charge in [0.15, 0.2) is 0 Å². The predicted molar refractivity (Wildman–Crippen MR) is 81.5 cm³/mol. The summed E-state index contributed by atoms with van der Waals surface area (Å²) in [5, 5.41) is 0. The second-order valence-electron chi connectivity index (χ2n) is 5.56. The molecule has 134 valence electrons. The highest BCUT2D eigenvalue weighted by atomic mass is 32.2. The summed E-state index contributed by atoms with van der Waals surface area (Å²) >= 11 is 0. The van der Waals surface area contributed by atoms with Crippen LogP contribution in [-0.4, -0.2) is 68.1 Å². The second-order valence-corrected chi connectivity index (χ2v) is 7.70. The SMILES string of the molecule is CN(C)S(=O)(=O)N1CCN(C(=O)c2ccc(C(F)(F)F)cc2)CC1. The first-order valence-corrected chi connectivity index (χ1v) is 8.57. The molecule has 24 heavy (non-hydrogen) atoms. The van der Waals surface area contributed by atoms with Crippen molar-refractivity contribution >= 4 is 16.1 Å². The Morgan fingerprint density at radius 2 is 1.54 bits per heavy atom. The Balaban J connectivity index is 2.03. The molecule has 0 atom stereocenters. The van der Waals surface area contributed by atoms with Gasteiger partial charge in [-0.1, -0.05) is 0 Å². The maximum Gasteiger partial charge on any atom is 0.416 e. The molecule has 1 aliphatic rings. The minimum Gasteiger partial charge on any atom is -0.336 e. The lowest BCUT2D eigenvalue weighted by molar-refractivity contribution is -0.137. The summed E-state index contributed by atoms with van der Waals surface area (Å²) in [5.74, 6) is -0.411. The Morgan fingerprint density at radius 3 is 1.96 bits per heavy atom. The summed E-state index contributed by atoms with van der Waals surface area (Å²) in [6.45, 7) is 0.666. The van der Waals surface area contributed by atoms with Gasteiger partial charge < -0.3 is 4.90 Å². The summed E-state index contributed by atoms with van der Waals surface area (Å²) in [5.41, 5.74) is -0.673. The lowest BCUT2D eigenvalue weighted by atomic mass is 10.1. The van der Waals surface area contributed by atoms with E-state index in [9.17, 15) is 26.4 Å². The van der Waals surface area contributed by atoms with Crippen LogP contribution in [0.4, 0.5) is 13.2 Å². The van der Waals surface area contributed by atoms with Crippen LogP contribution in [0, 0.1) is 0 Å². The van der Waals surface area contributed by atoms with Gasteiger partial charge in [-0.2, -0.15) is 30.2 Å². The Morgan fingerprint density at radius 1 is 1.04 bits per heavy atom. The lowest BCUT2D eigenvalue weighted by Gasteiger charge is -2.35. The molecular weight excluding hydrogens is 347 g/mol. The van der Waals surface area contributed by atoms with E-state index in [1.807, 2.05) is 0 Å². The number of halogens is 3. The van der Waals surface area contributed by atoms with Gasteiger partial charge in [0, 0.05) is 45.8 Å². The van der Waals surface area contributed by atoms with Crippen molar-refractivity contribution in [2.75, 3.05) is 40.3 Å². The zero-order valence-electron chi connectivity index (χ0n) is 13.2. The number of nitrogens with zero attached hydrogens (tertiary/aromatic N) is 3. The van der Waals surface area contributed by atoms with Crippen LogP contribution >= 0.6 is 0 Å². The highest BCUT2D eigenvalue weighted by Crippen LogP contribution is 2.29. The van der Waals surface area contributed by atoms with Crippen molar-refractivity contribution in [1.29, 1.82) is 0 Å².